The van der Waals surface area contributed by atoms with Gasteiger partial charge in [0.15, 0.2) is 0 Å². The first-order valence-corrected chi connectivity index (χ1v) is 10.6. The first-order valence-electron chi connectivity index (χ1n) is 10.6. The summed E-state index contributed by atoms with van der Waals surface area (Å²) in [7, 11) is 0. The van der Waals surface area contributed by atoms with Crippen LogP contribution in [0.15, 0.2) is 47.0 Å². The molecule has 0 bridgehead atoms. The van der Waals surface area contributed by atoms with Crippen LogP contribution in [0.2, 0.25) is 0 Å². The molecule has 1 amide bonds. The predicted octanol–water partition coefficient (Wildman–Crippen LogP) is 4.19. The second-order valence-electron chi connectivity index (χ2n) is 8.37. The Morgan fingerprint density at radius 1 is 1.00 bits per heavy atom. The average Bonchev–Trinajstić information content (AvgIpc) is 3.50. The van der Waals surface area contributed by atoms with Gasteiger partial charge in [0.1, 0.15) is 0 Å². The number of aryl methyl sites for hydroxylation is 2. The van der Waals surface area contributed by atoms with Crippen molar-refractivity contribution < 1.29 is 9.32 Å². The Labute approximate surface area is 176 Å². The molecule has 0 unspecified atom stereocenters. The average molecular weight is 402 g/mol. The van der Waals surface area contributed by atoms with Gasteiger partial charge in [0, 0.05) is 48.9 Å². The molecular formula is C24H26N4O2. The number of piperazine rings is 1. The van der Waals surface area contributed by atoms with Crippen LogP contribution in [-0.2, 0) is 0 Å². The minimum atomic E-state index is 0.131. The van der Waals surface area contributed by atoms with Gasteiger partial charge in [-0.3, -0.25) is 4.79 Å². The van der Waals surface area contributed by atoms with E-state index in [1.54, 1.807) is 0 Å². The SMILES string of the molecule is Cc1ccc(C(=O)N2CCN(c3ccc(-c4noc(C5CC5)n4)cc3)CC2)c(C)c1. The molecule has 2 heterocycles. The smallest absolute Gasteiger partial charge is 0.254 e. The van der Waals surface area contributed by atoms with Gasteiger partial charge in [-0.05, 0) is 62.6 Å². The fourth-order valence-electron chi connectivity index (χ4n) is 4.06. The molecule has 154 valence electrons. The van der Waals surface area contributed by atoms with Gasteiger partial charge in [0.05, 0.1) is 0 Å². The highest BCUT2D eigenvalue weighted by atomic mass is 16.5. The quantitative estimate of drug-likeness (QED) is 0.655. The summed E-state index contributed by atoms with van der Waals surface area (Å²) in [4.78, 5) is 21.7. The highest BCUT2D eigenvalue weighted by Crippen LogP contribution is 2.39. The number of amides is 1. The Bertz CT molecular complexity index is 1060. The number of aromatic nitrogens is 2. The molecule has 1 saturated carbocycles. The van der Waals surface area contributed by atoms with Gasteiger partial charge < -0.3 is 14.3 Å². The third-order valence-electron chi connectivity index (χ3n) is 6.04. The Morgan fingerprint density at radius 3 is 2.40 bits per heavy atom. The van der Waals surface area contributed by atoms with E-state index < -0.39 is 0 Å². The molecule has 3 aromatic rings. The maximum atomic E-state index is 12.9. The van der Waals surface area contributed by atoms with Crippen LogP contribution in [0.3, 0.4) is 0 Å². The summed E-state index contributed by atoms with van der Waals surface area (Å²) >= 11 is 0. The summed E-state index contributed by atoms with van der Waals surface area (Å²) in [5.74, 6) is 2.02. The zero-order valence-corrected chi connectivity index (χ0v) is 17.5. The van der Waals surface area contributed by atoms with Crippen LogP contribution < -0.4 is 4.90 Å². The molecule has 30 heavy (non-hydrogen) atoms. The standard InChI is InChI=1S/C24H26N4O2/c1-16-3-10-21(17(2)15-16)24(29)28-13-11-27(12-14-28)20-8-6-18(7-9-20)22-25-23(30-26-22)19-4-5-19/h3,6-10,15,19H,4-5,11-14H2,1-2H3. The summed E-state index contributed by atoms with van der Waals surface area (Å²) < 4.78 is 5.37. The van der Waals surface area contributed by atoms with Crippen molar-refractivity contribution >= 4 is 11.6 Å². The molecule has 2 aromatic carbocycles. The number of hydrogen-bond acceptors (Lipinski definition) is 5. The lowest BCUT2D eigenvalue weighted by Gasteiger charge is -2.36. The highest BCUT2D eigenvalue weighted by Gasteiger charge is 2.30. The molecule has 5 rings (SSSR count). The fraction of sp³-hybridized carbons (Fsp3) is 0.375. The van der Waals surface area contributed by atoms with Crippen LogP contribution in [0.25, 0.3) is 11.4 Å². The lowest BCUT2D eigenvalue weighted by molar-refractivity contribution is 0.0746. The third kappa shape index (κ3) is 3.70. The highest BCUT2D eigenvalue weighted by molar-refractivity contribution is 5.95. The van der Waals surface area contributed by atoms with Gasteiger partial charge in [0.2, 0.25) is 11.7 Å². The largest absolute Gasteiger partial charge is 0.368 e. The molecule has 2 fully saturated rings. The van der Waals surface area contributed by atoms with Crippen LogP contribution >= 0.6 is 0 Å². The second-order valence-corrected chi connectivity index (χ2v) is 8.37. The van der Waals surface area contributed by atoms with E-state index >= 15 is 0 Å². The van der Waals surface area contributed by atoms with E-state index in [0.717, 1.165) is 67.3 Å². The van der Waals surface area contributed by atoms with E-state index in [0.29, 0.717) is 11.7 Å². The van der Waals surface area contributed by atoms with Crippen molar-refractivity contribution in [3.8, 4) is 11.4 Å². The van der Waals surface area contributed by atoms with Gasteiger partial charge in [-0.1, -0.05) is 22.9 Å². The van der Waals surface area contributed by atoms with E-state index in [1.165, 1.54) is 5.56 Å². The number of rotatable bonds is 4. The number of hydrogen-bond donors (Lipinski definition) is 0. The predicted molar refractivity (Wildman–Crippen MR) is 116 cm³/mol. The fourth-order valence-corrected chi connectivity index (χ4v) is 4.06. The van der Waals surface area contributed by atoms with Crippen molar-refractivity contribution in [1.82, 2.24) is 15.0 Å². The van der Waals surface area contributed by atoms with Gasteiger partial charge in [-0.15, -0.1) is 0 Å². The number of carbonyl (C=O) groups excluding carboxylic acids is 1. The minimum Gasteiger partial charge on any atom is -0.368 e. The normalized spacial score (nSPS) is 16.7. The van der Waals surface area contributed by atoms with Crippen molar-refractivity contribution in [3.05, 3.63) is 65.0 Å². The summed E-state index contributed by atoms with van der Waals surface area (Å²) in [6, 6.07) is 14.3. The molecule has 2 aliphatic rings. The van der Waals surface area contributed by atoms with Crippen molar-refractivity contribution in [2.75, 3.05) is 31.1 Å². The molecule has 1 aliphatic heterocycles. The molecule has 1 saturated heterocycles. The van der Waals surface area contributed by atoms with E-state index in [2.05, 4.69) is 40.2 Å². The van der Waals surface area contributed by atoms with E-state index in [4.69, 9.17) is 4.52 Å². The number of anilines is 1. The molecule has 1 aromatic heterocycles. The maximum Gasteiger partial charge on any atom is 0.254 e. The van der Waals surface area contributed by atoms with Crippen molar-refractivity contribution in [2.24, 2.45) is 0 Å². The molecule has 0 spiro atoms. The number of nitrogens with zero attached hydrogens (tertiary/aromatic N) is 4. The zero-order valence-electron chi connectivity index (χ0n) is 17.5. The molecule has 0 N–H and O–H groups in total. The van der Waals surface area contributed by atoms with E-state index in [1.807, 2.05) is 36.1 Å². The monoisotopic (exact) mass is 402 g/mol. The Balaban J connectivity index is 1.22. The zero-order chi connectivity index (χ0) is 20.7. The molecule has 6 heteroatoms. The third-order valence-corrected chi connectivity index (χ3v) is 6.04. The van der Waals surface area contributed by atoms with Crippen LogP contribution in [-0.4, -0.2) is 47.1 Å². The van der Waals surface area contributed by atoms with Crippen LogP contribution in [0, 0.1) is 13.8 Å². The summed E-state index contributed by atoms with van der Waals surface area (Å²) in [5, 5.41) is 4.12. The van der Waals surface area contributed by atoms with Crippen LogP contribution in [0.1, 0.15) is 46.1 Å². The maximum absolute atomic E-state index is 12.9. The van der Waals surface area contributed by atoms with Crippen molar-refractivity contribution in [3.63, 3.8) is 0 Å². The molecule has 6 nitrogen and oxygen atoms in total. The van der Waals surface area contributed by atoms with Crippen molar-refractivity contribution in [2.45, 2.75) is 32.6 Å². The Hall–Kier alpha value is -3.15. The lowest BCUT2D eigenvalue weighted by Crippen LogP contribution is -2.48. The molecule has 1 aliphatic carbocycles. The molecular weight excluding hydrogens is 376 g/mol. The van der Waals surface area contributed by atoms with Gasteiger partial charge >= 0.3 is 0 Å². The van der Waals surface area contributed by atoms with E-state index in [-0.39, 0.29) is 5.91 Å². The number of carbonyl (C=O) groups is 1. The second kappa shape index (κ2) is 7.59. The van der Waals surface area contributed by atoms with Gasteiger partial charge in [-0.2, -0.15) is 4.98 Å². The van der Waals surface area contributed by atoms with Gasteiger partial charge in [0.25, 0.3) is 5.91 Å². The Kier molecular flexibility index (Phi) is 4.77. The van der Waals surface area contributed by atoms with Gasteiger partial charge in [-0.25, -0.2) is 0 Å². The molecule has 0 radical (unpaired) electrons. The topological polar surface area (TPSA) is 62.5 Å². The van der Waals surface area contributed by atoms with E-state index in [9.17, 15) is 4.79 Å². The Morgan fingerprint density at radius 2 is 1.73 bits per heavy atom. The number of benzene rings is 2. The summed E-state index contributed by atoms with van der Waals surface area (Å²) in [6.07, 6.45) is 2.30. The lowest BCUT2D eigenvalue weighted by atomic mass is 10.0. The first-order chi connectivity index (χ1) is 14.6. The summed E-state index contributed by atoms with van der Waals surface area (Å²) in [6.45, 7) is 7.16. The van der Waals surface area contributed by atoms with Crippen molar-refractivity contribution in [1.29, 1.82) is 0 Å². The first kappa shape index (κ1) is 18.9. The molecule has 0 atom stereocenters. The minimum absolute atomic E-state index is 0.131. The van der Waals surface area contributed by atoms with Crippen LogP contribution in [0.4, 0.5) is 5.69 Å². The summed E-state index contributed by atoms with van der Waals surface area (Å²) in [5.41, 5.74) is 5.16. The van der Waals surface area contributed by atoms with Crippen LogP contribution in [0.5, 0.6) is 0 Å².